The Morgan fingerprint density at radius 2 is 2.00 bits per heavy atom. The maximum atomic E-state index is 6.06. The molecule has 2 bridgehead atoms. The number of hydrogen-bond acceptors (Lipinski definition) is 0. The summed E-state index contributed by atoms with van der Waals surface area (Å²) in [4.78, 5) is 0. The van der Waals surface area contributed by atoms with E-state index in [4.69, 9.17) is 11.6 Å². The van der Waals surface area contributed by atoms with Gasteiger partial charge in [0.05, 0.1) is 0 Å². The first-order chi connectivity index (χ1) is 5.58. The zero-order chi connectivity index (χ0) is 8.93. The monoisotopic (exact) mass is 186 g/mol. The van der Waals surface area contributed by atoms with Gasteiger partial charge in [-0.1, -0.05) is 20.8 Å². The van der Waals surface area contributed by atoms with Crippen molar-refractivity contribution >= 4 is 11.6 Å². The summed E-state index contributed by atoms with van der Waals surface area (Å²) in [6, 6.07) is 0. The SMILES string of the molecule is CC1C(C)[C@H]2C[C@H]1C[C@]2(C)CCl. The molecule has 5 atom stereocenters. The molecule has 0 amide bonds. The minimum absolute atomic E-state index is 0.470. The molecule has 2 rings (SSSR count). The molecule has 2 fully saturated rings. The molecule has 0 nitrogen and oxygen atoms in total. The van der Waals surface area contributed by atoms with Crippen LogP contribution in [0.1, 0.15) is 33.6 Å². The van der Waals surface area contributed by atoms with Crippen LogP contribution in [0.25, 0.3) is 0 Å². The average Bonchev–Trinajstić information content (AvgIpc) is 2.52. The topological polar surface area (TPSA) is 0 Å². The van der Waals surface area contributed by atoms with Crippen LogP contribution in [0, 0.1) is 29.1 Å². The van der Waals surface area contributed by atoms with E-state index in [1.54, 1.807) is 0 Å². The number of fused-ring (bicyclic) bond motifs is 2. The van der Waals surface area contributed by atoms with Crippen molar-refractivity contribution in [3.63, 3.8) is 0 Å². The van der Waals surface area contributed by atoms with Gasteiger partial charge in [-0.2, -0.15) is 0 Å². The van der Waals surface area contributed by atoms with Gasteiger partial charge in [0.1, 0.15) is 0 Å². The van der Waals surface area contributed by atoms with E-state index < -0.39 is 0 Å². The molecule has 1 heteroatoms. The fourth-order valence-corrected chi connectivity index (χ4v) is 3.95. The Labute approximate surface area is 80.7 Å². The lowest BCUT2D eigenvalue weighted by Gasteiger charge is -2.39. The molecule has 70 valence electrons. The van der Waals surface area contributed by atoms with Crippen LogP contribution < -0.4 is 0 Å². The average molecular weight is 187 g/mol. The fourth-order valence-electron chi connectivity index (χ4n) is 3.64. The lowest BCUT2D eigenvalue weighted by atomic mass is 9.68. The molecule has 0 aliphatic heterocycles. The van der Waals surface area contributed by atoms with Gasteiger partial charge in [0.15, 0.2) is 0 Å². The highest BCUT2D eigenvalue weighted by Crippen LogP contribution is 2.61. The van der Waals surface area contributed by atoms with Gasteiger partial charge >= 0.3 is 0 Å². The van der Waals surface area contributed by atoms with Crippen molar-refractivity contribution in [3.05, 3.63) is 0 Å². The Morgan fingerprint density at radius 1 is 1.33 bits per heavy atom. The summed E-state index contributed by atoms with van der Waals surface area (Å²) < 4.78 is 0. The van der Waals surface area contributed by atoms with Gasteiger partial charge in [0.25, 0.3) is 0 Å². The van der Waals surface area contributed by atoms with E-state index in [1.807, 2.05) is 0 Å². The van der Waals surface area contributed by atoms with Crippen LogP contribution in [-0.2, 0) is 0 Å². The summed E-state index contributed by atoms with van der Waals surface area (Å²) in [6.45, 7) is 7.22. The normalized spacial score (nSPS) is 58.0. The minimum atomic E-state index is 0.470. The maximum absolute atomic E-state index is 6.06. The first kappa shape index (κ1) is 8.87. The number of alkyl halides is 1. The molecule has 2 aliphatic rings. The predicted molar refractivity (Wildman–Crippen MR) is 53.4 cm³/mol. The summed E-state index contributed by atoms with van der Waals surface area (Å²) in [5.74, 6) is 4.62. The molecular formula is C11H19Cl. The van der Waals surface area contributed by atoms with E-state index in [-0.39, 0.29) is 0 Å². The number of hydrogen-bond donors (Lipinski definition) is 0. The third kappa shape index (κ3) is 0.968. The van der Waals surface area contributed by atoms with Gasteiger partial charge in [-0.25, -0.2) is 0 Å². The van der Waals surface area contributed by atoms with E-state index in [9.17, 15) is 0 Å². The van der Waals surface area contributed by atoms with Crippen LogP contribution in [0.3, 0.4) is 0 Å². The van der Waals surface area contributed by atoms with E-state index in [0.29, 0.717) is 5.41 Å². The zero-order valence-electron chi connectivity index (χ0n) is 8.31. The number of rotatable bonds is 1. The maximum Gasteiger partial charge on any atom is 0.0280 e. The van der Waals surface area contributed by atoms with Crippen LogP contribution >= 0.6 is 11.6 Å². The molecule has 2 aliphatic carbocycles. The first-order valence-electron chi connectivity index (χ1n) is 5.14. The summed E-state index contributed by atoms with van der Waals surface area (Å²) in [6.07, 6.45) is 2.83. The van der Waals surface area contributed by atoms with Crippen molar-refractivity contribution in [2.24, 2.45) is 29.1 Å². The molecule has 0 aromatic carbocycles. The second-order valence-electron chi connectivity index (χ2n) is 5.31. The van der Waals surface area contributed by atoms with Crippen molar-refractivity contribution in [2.45, 2.75) is 33.6 Å². The van der Waals surface area contributed by atoms with E-state index in [0.717, 1.165) is 29.6 Å². The van der Waals surface area contributed by atoms with E-state index >= 15 is 0 Å². The van der Waals surface area contributed by atoms with Gasteiger partial charge in [-0.05, 0) is 41.9 Å². The van der Waals surface area contributed by atoms with Gasteiger partial charge in [-0.3, -0.25) is 0 Å². The Balaban J connectivity index is 2.20. The van der Waals surface area contributed by atoms with E-state index in [2.05, 4.69) is 20.8 Å². The van der Waals surface area contributed by atoms with Crippen LogP contribution in [-0.4, -0.2) is 5.88 Å². The molecule has 0 spiro atoms. The largest absolute Gasteiger partial charge is 0.126 e. The first-order valence-corrected chi connectivity index (χ1v) is 5.68. The van der Waals surface area contributed by atoms with Crippen molar-refractivity contribution in [3.8, 4) is 0 Å². The molecule has 0 aromatic rings. The minimum Gasteiger partial charge on any atom is -0.126 e. The lowest BCUT2D eigenvalue weighted by molar-refractivity contribution is 0.121. The molecule has 2 unspecified atom stereocenters. The van der Waals surface area contributed by atoms with Crippen molar-refractivity contribution in [1.29, 1.82) is 0 Å². The second kappa shape index (κ2) is 2.64. The van der Waals surface area contributed by atoms with Crippen LogP contribution in [0.5, 0.6) is 0 Å². The lowest BCUT2D eigenvalue weighted by Crippen LogP contribution is -2.34. The second-order valence-corrected chi connectivity index (χ2v) is 5.58. The molecule has 12 heavy (non-hydrogen) atoms. The highest BCUT2D eigenvalue weighted by molar-refractivity contribution is 6.18. The van der Waals surface area contributed by atoms with Crippen LogP contribution in [0.15, 0.2) is 0 Å². The number of halogens is 1. The quantitative estimate of drug-likeness (QED) is 0.550. The Bertz CT molecular complexity index is 187. The highest BCUT2D eigenvalue weighted by Gasteiger charge is 2.54. The summed E-state index contributed by atoms with van der Waals surface area (Å²) in [5, 5.41) is 0. The molecule has 0 heterocycles. The fraction of sp³-hybridized carbons (Fsp3) is 1.00. The summed E-state index contributed by atoms with van der Waals surface area (Å²) in [7, 11) is 0. The smallest absolute Gasteiger partial charge is 0.0280 e. The third-order valence-corrected chi connectivity index (χ3v) is 5.30. The van der Waals surface area contributed by atoms with Crippen LogP contribution in [0.4, 0.5) is 0 Å². The highest BCUT2D eigenvalue weighted by atomic mass is 35.5. The Kier molecular flexibility index (Phi) is 1.95. The predicted octanol–water partition coefficient (Wildman–Crippen LogP) is 3.54. The summed E-state index contributed by atoms with van der Waals surface area (Å²) >= 11 is 6.06. The molecule has 2 saturated carbocycles. The van der Waals surface area contributed by atoms with Crippen molar-refractivity contribution < 1.29 is 0 Å². The summed E-state index contributed by atoms with van der Waals surface area (Å²) in [5.41, 5.74) is 0.470. The molecule has 0 aromatic heterocycles. The van der Waals surface area contributed by atoms with E-state index in [1.165, 1.54) is 12.8 Å². The van der Waals surface area contributed by atoms with Gasteiger partial charge in [0.2, 0.25) is 0 Å². The third-order valence-electron chi connectivity index (χ3n) is 4.69. The molecule has 0 radical (unpaired) electrons. The Hall–Kier alpha value is 0.290. The zero-order valence-corrected chi connectivity index (χ0v) is 9.06. The van der Waals surface area contributed by atoms with Crippen molar-refractivity contribution in [1.82, 2.24) is 0 Å². The van der Waals surface area contributed by atoms with Crippen molar-refractivity contribution in [2.75, 3.05) is 5.88 Å². The van der Waals surface area contributed by atoms with Gasteiger partial charge in [0, 0.05) is 5.88 Å². The van der Waals surface area contributed by atoms with Gasteiger partial charge in [-0.15, -0.1) is 11.6 Å². The standard InChI is InChI=1S/C11H19Cl/c1-7-8(2)10-4-9(7)5-11(10,3)6-12/h7-10H,4-6H2,1-3H3/t7?,8?,9-,10+,11+/m0/s1. The molecule has 0 N–H and O–H groups in total. The molecule has 0 saturated heterocycles. The molecular weight excluding hydrogens is 168 g/mol. The van der Waals surface area contributed by atoms with Crippen LogP contribution in [0.2, 0.25) is 0 Å². The Morgan fingerprint density at radius 3 is 2.42 bits per heavy atom. The van der Waals surface area contributed by atoms with Gasteiger partial charge < -0.3 is 0 Å².